The van der Waals surface area contributed by atoms with E-state index in [1.54, 1.807) is 18.3 Å². The normalized spacial score (nSPS) is 11.1. The molecule has 3 aromatic carbocycles. The number of aromatic nitrogens is 1. The van der Waals surface area contributed by atoms with E-state index in [-0.39, 0.29) is 25.2 Å². The molecule has 4 nitrogen and oxygen atoms in total. The van der Waals surface area contributed by atoms with Crippen LogP contribution in [0.5, 0.6) is 5.75 Å². The summed E-state index contributed by atoms with van der Waals surface area (Å²) >= 11 is 0. The van der Waals surface area contributed by atoms with Crippen LogP contribution in [0.2, 0.25) is 0 Å². The zero-order valence-corrected chi connectivity index (χ0v) is 18.2. The molecule has 5 heteroatoms. The summed E-state index contributed by atoms with van der Waals surface area (Å²) < 4.78 is 0. The van der Waals surface area contributed by atoms with Gasteiger partial charge in [0, 0.05) is 31.1 Å². The summed E-state index contributed by atoms with van der Waals surface area (Å²) in [4.78, 5) is 4.36. The summed E-state index contributed by atoms with van der Waals surface area (Å²) in [7, 11) is 0. The zero-order valence-electron chi connectivity index (χ0n) is 15.2. The number of hydrogen-bond donors (Lipinski definition) is 1. The second-order valence-electron chi connectivity index (χ2n) is 6.04. The minimum absolute atomic E-state index is 0. The minimum Gasteiger partial charge on any atom is -0.506 e. The number of fused-ring (bicyclic) bond motifs is 1. The van der Waals surface area contributed by atoms with Crippen molar-refractivity contribution < 1.29 is 24.6 Å². The molecule has 0 atom stereocenters. The summed E-state index contributed by atoms with van der Waals surface area (Å²) in [5.41, 5.74) is 3.86. The van der Waals surface area contributed by atoms with Crippen LogP contribution < -0.4 is 0 Å². The van der Waals surface area contributed by atoms with E-state index in [1.807, 2.05) is 78.9 Å². The Balaban J connectivity index is 0.00000225. The third-order valence-corrected chi connectivity index (χ3v) is 4.14. The number of phenols is 1. The molecular formula is C23H17N3OZn. The van der Waals surface area contributed by atoms with Crippen molar-refractivity contribution in [3.8, 4) is 5.75 Å². The van der Waals surface area contributed by atoms with Gasteiger partial charge in [0.05, 0.1) is 5.52 Å². The molecule has 1 aromatic heterocycles. The molecule has 0 spiro atoms. The maximum atomic E-state index is 10.3. The zero-order chi connectivity index (χ0) is 18.5. The third kappa shape index (κ3) is 4.56. The first kappa shape index (κ1) is 19.6. The van der Waals surface area contributed by atoms with Gasteiger partial charge in [0.15, 0.2) is 0 Å². The number of azo groups is 1. The van der Waals surface area contributed by atoms with Crippen LogP contribution in [0.15, 0.2) is 95.3 Å². The first-order valence-corrected chi connectivity index (χ1v) is 8.61. The van der Waals surface area contributed by atoms with E-state index in [4.69, 9.17) is 0 Å². The van der Waals surface area contributed by atoms with Gasteiger partial charge in [-0.2, -0.15) is 0 Å². The Morgan fingerprint density at radius 1 is 0.714 bits per heavy atom. The van der Waals surface area contributed by atoms with Crippen molar-refractivity contribution in [2.75, 3.05) is 0 Å². The number of para-hydroxylation sites is 1. The van der Waals surface area contributed by atoms with E-state index in [0.29, 0.717) is 11.4 Å². The van der Waals surface area contributed by atoms with Gasteiger partial charge in [-0.15, -0.1) is 10.2 Å². The van der Waals surface area contributed by atoms with Gasteiger partial charge in [-0.05, 0) is 35.4 Å². The van der Waals surface area contributed by atoms with Crippen LogP contribution in [-0.4, -0.2) is 10.1 Å². The van der Waals surface area contributed by atoms with Crippen LogP contribution in [-0.2, 0) is 19.5 Å². The maximum Gasteiger partial charge on any atom is 0.143 e. The summed E-state index contributed by atoms with van der Waals surface area (Å²) in [6.45, 7) is 0. The molecule has 0 aliphatic rings. The average molecular weight is 417 g/mol. The molecule has 0 amide bonds. The van der Waals surface area contributed by atoms with Crippen molar-refractivity contribution >= 4 is 34.4 Å². The van der Waals surface area contributed by atoms with Crippen LogP contribution in [0.4, 0.5) is 11.4 Å². The predicted molar refractivity (Wildman–Crippen MR) is 109 cm³/mol. The van der Waals surface area contributed by atoms with E-state index < -0.39 is 0 Å². The predicted octanol–water partition coefficient (Wildman–Crippen LogP) is 6.52. The molecule has 0 bridgehead atoms. The molecule has 4 rings (SSSR count). The molecule has 0 saturated carbocycles. The van der Waals surface area contributed by atoms with Gasteiger partial charge >= 0.3 is 0 Å². The number of phenolic OH excluding ortho intramolecular Hbond substituents is 1. The SMILES string of the molecule is Oc1cc(C=Cc2ccccc2)ccc1N=Nc1cccc2cccnc12.[Zn]. The van der Waals surface area contributed by atoms with E-state index in [9.17, 15) is 5.11 Å². The Morgan fingerprint density at radius 2 is 1.46 bits per heavy atom. The van der Waals surface area contributed by atoms with Crippen molar-refractivity contribution in [3.05, 3.63) is 96.2 Å². The molecule has 0 radical (unpaired) electrons. The molecule has 0 saturated heterocycles. The number of hydrogen-bond acceptors (Lipinski definition) is 4. The molecule has 1 heterocycles. The molecule has 28 heavy (non-hydrogen) atoms. The van der Waals surface area contributed by atoms with Crippen molar-refractivity contribution in [3.63, 3.8) is 0 Å². The van der Waals surface area contributed by atoms with Gasteiger partial charge in [-0.1, -0.05) is 66.7 Å². The van der Waals surface area contributed by atoms with Crippen molar-refractivity contribution in [2.24, 2.45) is 10.2 Å². The number of rotatable bonds is 4. The van der Waals surface area contributed by atoms with Gasteiger partial charge in [0.1, 0.15) is 17.1 Å². The van der Waals surface area contributed by atoms with Crippen LogP contribution in [0.3, 0.4) is 0 Å². The van der Waals surface area contributed by atoms with Gasteiger partial charge in [-0.25, -0.2) is 0 Å². The summed E-state index contributed by atoms with van der Waals surface area (Å²) in [5, 5.41) is 19.7. The van der Waals surface area contributed by atoms with Crippen LogP contribution in [0.1, 0.15) is 11.1 Å². The minimum atomic E-state index is 0. The molecule has 0 fully saturated rings. The van der Waals surface area contributed by atoms with Crippen LogP contribution >= 0.6 is 0 Å². The summed E-state index contributed by atoms with van der Waals surface area (Å²) in [5.74, 6) is 0.0853. The first-order chi connectivity index (χ1) is 13.3. The van der Waals surface area contributed by atoms with Crippen LogP contribution in [0.25, 0.3) is 23.1 Å². The van der Waals surface area contributed by atoms with Gasteiger partial charge in [-0.3, -0.25) is 4.98 Å². The number of benzene rings is 3. The molecule has 0 aliphatic heterocycles. The topological polar surface area (TPSA) is 57.8 Å². The van der Waals surface area contributed by atoms with E-state index in [1.165, 1.54) is 0 Å². The largest absolute Gasteiger partial charge is 0.506 e. The van der Waals surface area contributed by atoms with Crippen molar-refractivity contribution in [2.45, 2.75) is 0 Å². The average Bonchev–Trinajstić information content (AvgIpc) is 2.72. The van der Waals surface area contributed by atoms with Crippen molar-refractivity contribution in [1.82, 2.24) is 4.98 Å². The molecule has 0 aliphatic carbocycles. The second-order valence-corrected chi connectivity index (χ2v) is 6.04. The van der Waals surface area contributed by atoms with E-state index in [0.717, 1.165) is 22.0 Å². The Kier molecular flexibility index (Phi) is 6.41. The number of aromatic hydroxyl groups is 1. The molecule has 0 unspecified atom stereocenters. The van der Waals surface area contributed by atoms with Gasteiger partial charge < -0.3 is 5.11 Å². The number of nitrogens with zero attached hydrogens (tertiary/aromatic N) is 3. The quantitative estimate of drug-likeness (QED) is 0.234. The fourth-order valence-corrected chi connectivity index (χ4v) is 2.76. The van der Waals surface area contributed by atoms with Crippen LogP contribution in [0, 0.1) is 0 Å². The second kappa shape index (κ2) is 9.16. The van der Waals surface area contributed by atoms with Crippen molar-refractivity contribution in [1.29, 1.82) is 0 Å². The fourth-order valence-electron chi connectivity index (χ4n) is 2.76. The Hall–Kier alpha value is -3.17. The number of pyridine rings is 1. The summed E-state index contributed by atoms with van der Waals surface area (Å²) in [6.07, 6.45) is 5.68. The Bertz CT molecular complexity index is 1140. The smallest absolute Gasteiger partial charge is 0.143 e. The summed E-state index contributed by atoms with van der Waals surface area (Å²) in [6, 6.07) is 24.9. The Labute approximate surface area is 176 Å². The monoisotopic (exact) mass is 415 g/mol. The fraction of sp³-hybridized carbons (Fsp3) is 0. The van der Waals surface area contributed by atoms with E-state index in [2.05, 4.69) is 15.2 Å². The molecule has 1 N–H and O–H groups in total. The van der Waals surface area contributed by atoms with Gasteiger partial charge in [0.2, 0.25) is 0 Å². The molecular weight excluding hydrogens is 400 g/mol. The molecule has 132 valence electrons. The first-order valence-electron chi connectivity index (χ1n) is 8.61. The van der Waals surface area contributed by atoms with E-state index >= 15 is 0 Å². The van der Waals surface area contributed by atoms with Gasteiger partial charge in [0.25, 0.3) is 0 Å². The standard InChI is InChI=1S/C23H17N3O.Zn/c27-22-16-18(12-11-17-6-2-1-3-7-17)13-14-20(22)25-26-21-10-4-8-19-9-5-15-24-23(19)21;/h1-16,27H;. The Morgan fingerprint density at radius 3 is 2.29 bits per heavy atom. The molecule has 4 aromatic rings. The maximum absolute atomic E-state index is 10.3. The third-order valence-electron chi connectivity index (χ3n) is 4.14.